The summed E-state index contributed by atoms with van der Waals surface area (Å²) in [5.41, 5.74) is -0.437. The van der Waals surface area contributed by atoms with Gasteiger partial charge in [-0.1, -0.05) is 15.9 Å². The summed E-state index contributed by atoms with van der Waals surface area (Å²) < 4.78 is 7.84. The van der Waals surface area contributed by atoms with Crippen molar-refractivity contribution in [2.75, 3.05) is 31.1 Å². The van der Waals surface area contributed by atoms with Crippen molar-refractivity contribution in [3.63, 3.8) is 0 Å². The zero-order valence-corrected chi connectivity index (χ0v) is 16.0. The van der Waals surface area contributed by atoms with E-state index < -0.39 is 5.60 Å². The standard InChI is InChI=1S/C17H21BrN2O2S/c1-17(2,3)22-16(21)20-8-6-19(7-9-20)15-11-12-10-13(18)4-5-14(12)23-15/h4-5,10-11H,6-9H2,1-3H3. The lowest BCUT2D eigenvalue weighted by Crippen LogP contribution is -2.49. The molecular formula is C17H21BrN2O2S. The molecule has 4 nitrogen and oxygen atoms in total. The van der Waals surface area contributed by atoms with E-state index in [-0.39, 0.29) is 6.09 Å². The van der Waals surface area contributed by atoms with Gasteiger partial charge < -0.3 is 14.5 Å². The number of hydrogen-bond acceptors (Lipinski definition) is 4. The minimum absolute atomic E-state index is 0.211. The number of amides is 1. The summed E-state index contributed by atoms with van der Waals surface area (Å²) in [5, 5.41) is 2.52. The molecule has 2 heterocycles. The first-order chi connectivity index (χ1) is 10.8. The number of rotatable bonds is 1. The number of piperazine rings is 1. The van der Waals surface area contributed by atoms with Crippen molar-refractivity contribution in [2.24, 2.45) is 0 Å². The van der Waals surface area contributed by atoms with Crippen LogP contribution in [0.2, 0.25) is 0 Å². The summed E-state index contributed by atoms with van der Waals surface area (Å²) >= 11 is 5.32. The molecule has 0 radical (unpaired) electrons. The van der Waals surface area contributed by atoms with Gasteiger partial charge in [-0.25, -0.2) is 4.79 Å². The lowest BCUT2D eigenvalue weighted by atomic mass is 10.2. The largest absolute Gasteiger partial charge is 0.444 e. The predicted octanol–water partition coefficient (Wildman–Crippen LogP) is 4.72. The van der Waals surface area contributed by atoms with E-state index in [0.29, 0.717) is 13.1 Å². The molecule has 0 bridgehead atoms. The van der Waals surface area contributed by atoms with Gasteiger partial charge in [-0.2, -0.15) is 0 Å². The number of hydrogen-bond donors (Lipinski definition) is 0. The van der Waals surface area contributed by atoms with E-state index in [2.05, 4.69) is 45.1 Å². The van der Waals surface area contributed by atoms with Gasteiger partial charge in [0.25, 0.3) is 0 Å². The van der Waals surface area contributed by atoms with Crippen molar-refractivity contribution in [2.45, 2.75) is 26.4 Å². The second-order valence-corrected chi connectivity index (χ2v) is 8.70. The third-order valence-electron chi connectivity index (χ3n) is 3.71. The van der Waals surface area contributed by atoms with Crippen LogP contribution in [-0.4, -0.2) is 42.8 Å². The summed E-state index contributed by atoms with van der Waals surface area (Å²) in [5.74, 6) is 0. The zero-order valence-electron chi connectivity index (χ0n) is 13.6. The van der Waals surface area contributed by atoms with Crippen LogP contribution in [0, 0.1) is 0 Å². The van der Waals surface area contributed by atoms with Crippen LogP contribution in [0.3, 0.4) is 0 Å². The highest BCUT2D eigenvalue weighted by Crippen LogP contribution is 2.34. The number of carbonyl (C=O) groups excluding carboxylic acids is 1. The Morgan fingerprint density at radius 2 is 1.87 bits per heavy atom. The van der Waals surface area contributed by atoms with Gasteiger partial charge in [0.05, 0.1) is 5.00 Å². The van der Waals surface area contributed by atoms with Crippen molar-refractivity contribution in [1.82, 2.24) is 4.90 Å². The fourth-order valence-corrected chi connectivity index (χ4v) is 4.07. The lowest BCUT2D eigenvalue weighted by molar-refractivity contribution is 0.0241. The third kappa shape index (κ3) is 3.98. The molecule has 23 heavy (non-hydrogen) atoms. The molecule has 0 saturated carbocycles. The van der Waals surface area contributed by atoms with Crippen LogP contribution in [-0.2, 0) is 4.74 Å². The fourth-order valence-electron chi connectivity index (χ4n) is 2.59. The average molecular weight is 397 g/mol. The molecule has 2 aromatic rings. The molecule has 1 aromatic heterocycles. The summed E-state index contributed by atoms with van der Waals surface area (Å²) in [7, 11) is 0. The quantitative estimate of drug-likeness (QED) is 0.698. The normalized spacial score (nSPS) is 16.0. The van der Waals surface area contributed by atoms with Gasteiger partial charge in [0.15, 0.2) is 0 Å². The van der Waals surface area contributed by atoms with Crippen molar-refractivity contribution in [3.05, 3.63) is 28.7 Å². The highest BCUT2D eigenvalue weighted by Gasteiger charge is 2.26. The molecule has 1 aliphatic rings. The van der Waals surface area contributed by atoms with Crippen molar-refractivity contribution in [3.8, 4) is 0 Å². The van der Waals surface area contributed by atoms with Crippen molar-refractivity contribution < 1.29 is 9.53 Å². The van der Waals surface area contributed by atoms with E-state index in [1.165, 1.54) is 15.1 Å². The maximum atomic E-state index is 12.1. The van der Waals surface area contributed by atoms with Crippen LogP contribution in [0.1, 0.15) is 20.8 Å². The summed E-state index contributed by atoms with van der Waals surface area (Å²) in [6.07, 6.45) is -0.211. The van der Waals surface area contributed by atoms with E-state index in [9.17, 15) is 4.79 Å². The van der Waals surface area contributed by atoms with E-state index in [1.807, 2.05) is 20.8 Å². The molecule has 1 fully saturated rings. The molecule has 1 aliphatic heterocycles. The van der Waals surface area contributed by atoms with E-state index in [0.717, 1.165) is 17.6 Å². The van der Waals surface area contributed by atoms with Crippen LogP contribution in [0.5, 0.6) is 0 Å². The monoisotopic (exact) mass is 396 g/mol. The van der Waals surface area contributed by atoms with Gasteiger partial charge in [0, 0.05) is 35.4 Å². The van der Waals surface area contributed by atoms with Gasteiger partial charge in [-0.3, -0.25) is 0 Å². The van der Waals surface area contributed by atoms with Gasteiger partial charge in [0.1, 0.15) is 5.60 Å². The molecule has 124 valence electrons. The molecule has 1 saturated heterocycles. The summed E-state index contributed by atoms with van der Waals surface area (Å²) in [6.45, 7) is 8.78. The Morgan fingerprint density at radius 3 is 2.52 bits per heavy atom. The second-order valence-electron chi connectivity index (χ2n) is 6.72. The van der Waals surface area contributed by atoms with Gasteiger partial charge >= 0.3 is 6.09 Å². The van der Waals surface area contributed by atoms with E-state index in [4.69, 9.17) is 4.74 Å². The van der Waals surface area contributed by atoms with Gasteiger partial charge in [-0.15, -0.1) is 11.3 Å². The number of ether oxygens (including phenoxy) is 1. The first-order valence-corrected chi connectivity index (χ1v) is 9.35. The first kappa shape index (κ1) is 16.6. The van der Waals surface area contributed by atoms with Crippen molar-refractivity contribution >= 4 is 48.4 Å². The average Bonchev–Trinajstić information content (AvgIpc) is 2.88. The molecule has 0 N–H and O–H groups in total. The molecule has 6 heteroatoms. The maximum absolute atomic E-state index is 12.1. The Hall–Kier alpha value is -1.27. The number of thiophene rings is 1. The number of halogens is 1. The predicted molar refractivity (Wildman–Crippen MR) is 99.5 cm³/mol. The fraction of sp³-hybridized carbons (Fsp3) is 0.471. The minimum Gasteiger partial charge on any atom is -0.444 e. The van der Waals surface area contributed by atoms with Crippen LogP contribution in [0.4, 0.5) is 9.80 Å². The van der Waals surface area contributed by atoms with Gasteiger partial charge in [-0.05, 0) is 50.4 Å². The Balaban J connectivity index is 1.65. The topological polar surface area (TPSA) is 32.8 Å². The Bertz CT molecular complexity index is 715. The van der Waals surface area contributed by atoms with Gasteiger partial charge in [0.2, 0.25) is 0 Å². The Kier molecular flexibility index (Phi) is 4.56. The Morgan fingerprint density at radius 1 is 1.17 bits per heavy atom. The number of nitrogens with zero attached hydrogens (tertiary/aromatic N) is 2. The number of fused-ring (bicyclic) bond motifs is 1. The van der Waals surface area contributed by atoms with Crippen LogP contribution < -0.4 is 4.90 Å². The smallest absolute Gasteiger partial charge is 0.410 e. The molecule has 0 spiro atoms. The summed E-state index contributed by atoms with van der Waals surface area (Å²) in [4.78, 5) is 16.3. The highest BCUT2D eigenvalue weighted by molar-refractivity contribution is 9.10. The van der Waals surface area contributed by atoms with Crippen molar-refractivity contribution in [1.29, 1.82) is 0 Å². The van der Waals surface area contributed by atoms with Crippen LogP contribution >= 0.6 is 27.3 Å². The molecule has 1 amide bonds. The molecular weight excluding hydrogens is 376 g/mol. The number of carbonyl (C=O) groups is 1. The number of anilines is 1. The second kappa shape index (κ2) is 6.32. The van der Waals surface area contributed by atoms with Crippen LogP contribution in [0.15, 0.2) is 28.7 Å². The zero-order chi connectivity index (χ0) is 16.6. The lowest BCUT2D eigenvalue weighted by Gasteiger charge is -2.36. The molecule has 0 unspecified atom stereocenters. The molecule has 0 atom stereocenters. The third-order valence-corrected chi connectivity index (χ3v) is 5.38. The maximum Gasteiger partial charge on any atom is 0.410 e. The minimum atomic E-state index is -0.437. The number of benzene rings is 1. The highest BCUT2D eigenvalue weighted by atomic mass is 79.9. The van der Waals surface area contributed by atoms with Crippen LogP contribution in [0.25, 0.3) is 10.1 Å². The molecule has 0 aliphatic carbocycles. The first-order valence-electron chi connectivity index (χ1n) is 7.74. The van der Waals surface area contributed by atoms with E-state index >= 15 is 0 Å². The van der Waals surface area contributed by atoms with E-state index in [1.54, 1.807) is 16.2 Å². The molecule has 1 aromatic carbocycles. The summed E-state index contributed by atoms with van der Waals surface area (Å²) in [6, 6.07) is 8.59. The Labute approximate surface area is 149 Å². The molecule has 3 rings (SSSR count). The SMILES string of the molecule is CC(C)(C)OC(=O)N1CCN(c2cc3cc(Br)ccc3s2)CC1.